The second-order valence-corrected chi connectivity index (χ2v) is 7.01. The van der Waals surface area contributed by atoms with Crippen molar-refractivity contribution >= 4 is 10.9 Å². The number of rotatable bonds is 8. The fourth-order valence-corrected chi connectivity index (χ4v) is 2.51. The molecule has 2 heteroatoms. The first-order chi connectivity index (χ1) is 6.58. The third-order valence-electron chi connectivity index (χ3n) is 3.46. The smallest absolute Gasteiger partial charge is 0.108 e. The van der Waals surface area contributed by atoms with Gasteiger partial charge in [0.2, 0.25) is 0 Å². The lowest BCUT2D eigenvalue weighted by atomic mass is 10.3. The first kappa shape index (κ1) is 14.3. The van der Waals surface area contributed by atoms with Crippen LogP contribution in [-0.2, 0) is 10.9 Å². The molecule has 0 spiro atoms. The fourth-order valence-electron chi connectivity index (χ4n) is 1.53. The van der Waals surface area contributed by atoms with Gasteiger partial charge in [0.25, 0.3) is 0 Å². The summed E-state index contributed by atoms with van der Waals surface area (Å²) in [6.45, 7) is 10.8. The molecule has 0 radical (unpaired) electrons. The molecule has 0 saturated heterocycles. The zero-order chi connectivity index (χ0) is 11.0. The Morgan fingerprint density at radius 1 is 1.00 bits per heavy atom. The van der Waals surface area contributed by atoms with E-state index in [2.05, 4.69) is 34.1 Å². The highest BCUT2D eigenvalue weighted by Crippen LogP contribution is 2.06. The minimum atomic E-state index is 0.684. The molecule has 0 bridgehead atoms. The van der Waals surface area contributed by atoms with Gasteiger partial charge in [-0.2, -0.15) is 0 Å². The molecular weight excluding hydrogens is 190 g/mol. The monoisotopic (exact) mass is 219 g/mol. The maximum Gasteiger partial charge on any atom is 0.108 e. The molecule has 0 aromatic rings. The van der Waals surface area contributed by atoms with Crippen molar-refractivity contribution in [2.75, 3.05) is 44.4 Å². The summed E-state index contributed by atoms with van der Waals surface area (Å²) in [4.78, 5) is 0. The molecule has 0 rings (SSSR count). The SMILES string of the molecule is CC[S+](C)CCCC[N+](C)(CC)CC. The molecule has 14 heavy (non-hydrogen) atoms. The van der Waals surface area contributed by atoms with Gasteiger partial charge >= 0.3 is 0 Å². The molecule has 0 aliphatic carbocycles. The minimum absolute atomic E-state index is 0.684. The summed E-state index contributed by atoms with van der Waals surface area (Å²) in [5, 5.41) is 0. The van der Waals surface area contributed by atoms with E-state index in [1.54, 1.807) is 0 Å². The van der Waals surface area contributed by atoms with Crippen molar-refractivity contribution in [3.05, 3.63) is 0 Å². The summed E-state index contributed by atoms with van der Waals surface area (Å²) < 4.78 is 1.25. The van der Waals surface area contributed by atoms with Crippen molar-refractivity contribution in [3.8, 4) is 0 Å². The van der Waals surface area contributed by atoms with E-state index in [0.29, 0.717) is 10.9 Å². The van der Waals surface area contributed by atoms with Crippen LogP contribution in [0.4, 0.5) is 0 Å². The third kappa shape index (κ3) is 5.92. The van der Waals surface area contributed by atoms with Crippen molar-refractivity contribution in [2.24, 2.45) is 0 Å². The Kier molecular flexibility index (Phi) is 7.75. The van der Waals surface area contributed by atoms with Gasteiger partial charge in [0, 0.05) is 6.42 Å². The van der Waals surface area contributed by atoms with Crippen LogP contribution in [0.5, 0.6) is 0 Å². The van der Waals surface area contributed by atoms with E-state index < -0.39 is 0 Å². The van der Waals surface area contributed by atoms with Gasteiger partial charge in [-0.1, -0.05) is 0 Å². The Bertz CT molecular complexity index is 132. The third-order valence-corrected chi connectivity index (χ3v) is 5.43. The van der Waals surface area contributed by atoms with Crippen molar-refractivity contribution < 1.29 is 4.48 Å². The van der Waals surface area contributed by atoms with Crippen LogP contribution in [0, 0.1) is 0 Å². The lowest BCUT2D eigenvalue weighted by Gasteiger charge is -2.32. The average molecular weight is 219 g/mol. The van der Waals surface area contributed by atoms with Crippen LogP contribution in [0.15, 0.2) is 0 Å². The summed E-state index contributed by atoms with van der Waals surface area (Å²) >= 11 is 0. The largest absolute Gasteiger partial charge is 0.326 e. The molecule has 86 valence electrons. The number of hydrogen-bond acceptors (Lipinski definition) is 0. The second kappa shape index (κ2) is 7.58. The molecule has 0 saturated carbocycles. The molecule has 0 amide bonds. The van der Waals surface area contributed by atoms with Crippen LogP contribution in [-0.4, -0.2) is 48.9 Å². The second-order valence-electron chi connectivity index (χ2n) is 4.46. The normalized spacial score (nSPS) is 14.4. The molecule has 0 fully saturated rings. The maximum atomic E-state index is 2.40. The Morgan fingerprint density at radius 3 is 2.00 bits per heavy atom. The van der Waals surface area contributed by atoms with Gasteiger partial charge in [-0.25, -0.2) is 0 Å². The molecule has 0 aromatic heterocycles. The van der Waals surface area contributed by atoms with Gasteiger partial charge in [0.15, 0.2) is 0 Å². The highest BCUT2D eigenvalue weighted by atomic mass is 32.2. The van der Waals surface area contributed by atoms with Crippen molar-refractivity contribution in [2.45, 2.75) is 33.6 Å². The van der Waals surface area contributed by atoms with Crippen LogP contribution in [0.3, 0.4) is 0 Å². The van der Waals surface area contributed by atoms with E-state index in [4.69, 9.17) is 0 Å². The van der Waals surface area contributed by atoms with Gasteiger partial charge in [-0.05, 0) is 38.1 Å². The van der Waals surface area contributed by atoms with Crippen LogP contribution < -0.4 is 0 Å². The quantitative estimate of drug-likeness (QED) is 0.334. The van der Waals surface area contributed by atoms with Crippen LogP contribution in [0.1, 0.15) is 33.6 Å². The van der Waals surface area contributed by atoms with Crippen LogP contribution >= 0.6 is 0 Å². The highest BCUT2D eigenvalue weighted by molar-refractivity contribution is 7.96. The van der Waals surface area contributed by atoms with Crippen LogP contribution in [0.2, 0.25) is 0 Å². The Labute approximate surface area is 93.8 Å². The van der Waals surface area contributed by atoms with Gasteiger partial charge in [0.05, 0.1) is 32.9 Å². The molecule has 0 heterocycles. The molecule has 0 aromatic carbocycles. The van der Waals surface area contributed by atoms with Crippen LogP contribution in [0.25, 0.3) is 0 Å². The molecule has 1 atom stereocenters. The van der Waals surface area contributed by atoms with Crippen molar-refractivity contribution in [1.29, 1.82) is 0 Å². The predicted octanol–water partition coefficient (Wildman–Crippen LogP) is 2.52. The van der Waals surface area contributed by atoms with E-state index in [1.165, 1.54) is 48.5 Å². The van der Waals surface area contributed by atoms with E-state index in [-0.39, 0.29) is 0 Å². The fraction of sp³-hybridized carbons (Fsp3) is 1.00. The van der Waals surface area contributed by atoms with Gasteiger partial charge in [-0.3, -0.25) is 0 Å². The molecule has 0 aliphatic heterocycles. The summed E-state index contributed by atoms with van der Waals surface area (Å²) in [6, 6.07) is 0. The van der Waals surface area contributed by atoms with E-state index >= 15 is 0 Å². The zero-order valence-corrected chi connectivity index (χ0v) is 11.6. The lowest BCUT2D eigenvalue weighted by molar-refractivity contribution is -0.906. The zero-order valence-electron chi connectivity index (χ0n) is 10.8. The molecule has 1 nitrogen and oxygen atoms in total. The van der Waals surface area contributed by atoms with E-state index in [0.717, 1.165) is 0 Å². The van der Waals surface area contributed by atoms with Gasteiger partial charge in [-0.15, -0.1) is 0 Å². The minimum Gasteiger partial charge on any atom is -0.326 e. The van der Waals surface area contributed by atoms with E-state index in [1.807, 2.05) is 0 Å². The van der Waals surface area contributed by atoms with Crippen molar-refractivity contribution in [3.63, 3.8) is 0 Å². The topological polar surface area (TPSA) is 0 Å². The molecule has 0 aliphatic rings. The maximum absolute atomic E-state index is 2.40. The summed E-state index contributed by atoms with van der Waals surface area (Å²) in [7, 11) is 3.06. The van der Waals surface area contributed by atoms with Gasteiger partial charge in [0.1, 0.15) is 11.5 Å². The highest BCUT2D eigenvalue weighted by Gasteiger charge is 2.16. The first-order valence-electron chi connectivity index (χ1n) is 6.00. The number of quaternary nitrogens is 1. The summed E-state index contributed by atoms with van der Waals surface area (Å²) in [5.41, 5.74) is 0. The Balaban J connectivity index is 3.52. The predicted molar refractivity (Wildman–Crippen MR) is 70.1 cm³/mol. The standard InChI is InChI=1S/C12H29NS/c1-6-13(4,7-2)11-9-10-12-14(5)8-3/h6-12H2,1-5H3/q+2. The summed E-state index contributed by atoms with van der Waals surface area (Å²) in [5.74, 6) is 2.82. The molecule has 0 N–H and O–H groups in total. The average Bonchev–Trinajstić information content (AvgIpc) is 2.23. The summed E-state index contributed by atoms with van der Waals surface area (Å²) in [6.07, 6.45) is 5.24. The van der Waals surface area contributed by atoms with Crippen molar-refractivity contribution in [1.82, 2.24) is 0 Å². The Morgan fingerprint density at radius 2 is 1.57 bits per heavy atom. The number of unbranched alkanes of at least 4 members (excludes halogenated alkanes) is 1. The first-order valence-corrected chi connectivity index (χ1v) is 7.97. The lowest BCUT2D eigenvalue weighted by Crippen LogP contribution is -2.44. The molecule has 1 unspecified atom stereocenters. The Hall–Kier alpha value is 0.310. The number of hydrogen-bond donors (Lipinski definition) is 0. The molecular formula is C12H29NS+2. The van der Waals surface area contributed by atoms with Gasteiger partial charge < -0.3 is 4.48 Å². The number of nitrogens with zero attached hydrogens (tertiary/aromatic N) is 1. The van der Waals surface area contributed by atoms with E-state index in [9.17, 15) is 0 Å².